The maximum Gasteiger partial charge on any atom is 0.266 e. The third kappa shape index (κ3) is 4.53. The minimum absolute atomic E-state index is 0.0435. The van der Waals surface area contributed by atoms with Crippen LogP contribution >= 0.6 is 0 Å². The number of hydrogen-bond acceptors (Lipinski definition) is 6. The molecule has 1 aliphatic heterocycles. The van der Waals surface area contributed by atoms with Crippen molar-refractivity contribution in [3.05, 3.63) is 117 Å². The van der Waals surface area contributed by atoms with Gasteiger partial charge in [-0.1, -0.05) is 72.8 Å². The summed E-state index contributed by atoms with van der Waals surface area (Å²) in [5, 5.41) is 11.3. The Bertz CT molecular complexity index is 1810. The van der Waals surface area contributed by atoms with E-state index in [0.717, 1.165) is 16.7 Å². The molecule has 2 heterocycles. The van der Waals surface area contributed by atoms with Gasteiger partial charge in [0.2, 0.25) is 15.5 Å². The molecule has 0 saturated heterocycles. The maximum atomic E-state index is 13.8. The summed E-state index contributed by atoms with van der Waals surface area (Å²) < 4.78 is 30.5. The van der Waals surface area contributed by atoms with Crippen molar-refractivity contribution in [3.63, 3.8) is 0 Å². The molecule has 0 amide bonds. The molecule has 188 valence electrons. The Morgan fingerprint density at radius 1 is 0.973 bits per heavy atom. The molecule has 5 rings (SSSR count). The summed E-state index contributed by atoms with van der Waals surface area (Å²) in [6.45, 7) is 2.44. The minimum atomic E-state index is -4.14. The van der Waals surface area contributed by atoms with Crippen molar-refractivity contribution in [3.8, 4) is 11.1 Å². The smallest absolute Gasteiger partial charge is 0.266 e. The summed E-state index contributed by atoms with van der Waals surface area (Å²) in [4.78, 5) is 17.9. The van der Waals surface area contributed by atoms with Crippen LogP contribution in [0.25, 0.3) is 16.2 Å². The lowest BCUT2D eigenvalue weighted by molar-refractivity contribution is 0.581. The van der Waals surface area contributed by atoms with E-state index in [1.807, 2.05) is 61.5 Å². The predicted octanol–water partition coefficient (Wildman–Crippen LogP) is 1.68. The molecule has 0 fully saturated rings. The second-order valence-corrected chi connectivity index (χ2v) is 10.9. The standard InChI is InChI=1S/C28H27N5O3S/c1-19-18-33-25(29)24(27(34)32(2)28(33)31-19)26(37(35,36)23-11-7-4-8-12-23)30-17-20-13-15-22(16-14-20)21-9-5-3-6-10-21/h3-16,19,29-30H,17-18H2,1-2H3. The quantitative estimate of drug-likeness (QED) is 0.409. The van der Waals surface area contributed by atoms with E-state index in [0.29, 0.717) is 12.2 Å². The Hall–Kier alpha value is -4.24. The van der Waals surface area contributed by atoms with Gasteiger partial charge in [0.15, 0.2) is 0 Å². The van der Waals surface area contributed by atoms with Crippen LogP contribution < -0.4 is 27.2 Å². The van der Waals surface area contributed by atoms with Gasteiger partial charge in [0.05, 0.1) is 10.9 Å². The highest BCUT2D eigenvalue weighted by atomic mass is 32.2. The number of aromatic nitrogens is 2. The van der Waals surface area contributed by atoms with Crippen molar-refractivity contribution in [2.45, 2.75) is 31.0 Å². The van der Waals surface area contributed by atoms with Crippen molar-refractivity contribution in [2.24, 2.45) is 12.0 Å². The number of nitrogens with one attached hydrogen (secondary N) is 2. The number of rotatable bonds is 6. The largest absolute Gasteiger partial charge is 0.371 e. The van der Waals surface area contributed by atoms with E-state index in [2.05, 4.69) is 10.3 Å². The van der Waals surface area contributed by atoms with Crippen LogP contribution in [-0.2, 0) is 30.0 Å². The van der Waals surface area contributed by atoms with Crippen LogP contribution in [0.15, 0.2) is 99.6 Å². The average molecular weight is 514 g/mol. The zero-order chi connectivity index (χ0) is 26.2. The first kappa shape index (κ1) is 24.5. The van der Waals surface area contributed by atoms with E-state index in [1.165, 1.54) is 16.7 Å². The molecule has 0 saturated carbocycles. The van der Waals surface area contributed by atoms with Crippen LogP contribution in [-0.4, -0.2) is 23.6 Å². The fraction of sp³-hybridized carbons (Fsp3) is 0.179. The van der Waals surface area contributed by atoms with Crippen molar-refractivity contribution >= 4 is 14.9 Å². The summed E-state index contributed by atoms with van der Waals surface area (Å²) in [5.41, 5.74) is 2.56. The van der Waals surface area contributed by atoms with Gasteiger partial charge in [-0.2, -0.15) is 0 Å². The molecule has 0 radical (unpaired) electrons. The molecule has 4 aromatic rings. The zero-order valence-corrected chi connectivity index (χ0v) is 21.4. The van der Waals surface area contributed by atoms with Crippen molar-refractivity contribution < 1.29 is 8.42 Å². The van der Waals surface area contributed by atoms with E-state index >= 15 is 0 Å². The minimum Gasteiger partial charge on any atom is -0.371 e. The molecule has 0 bridgehead atoms. The van der Waals surface area contributed by atoms with Gasteiger partial charge in [0.1, 0.15) is 15.7 Å². The van der Waals surface area contributed by atoms with Crippen LogP contribution in [0.1, 0.15) is 12.5 Å². The Labute approximate surface area is 214 Å². The summed E-state index contributed by atoms with van der Waals surface area (Å²) in [7, 11) is -2.59. The second kappa shape index (κ2) is 9.67. The Morgan fingerprint density at radius 2 is 1.57 bits per heavy atom. The molecule has 1 aliphatic rings. The highest BCUT2D eigenvalue weighted by molar-refractivity contribution is 8.00. The van der Waals surface area contributed by atoms with Crippen LogP contribution in [0.3, 0.4) is 0 Å². The highest BCUT2D eigenvalue weighted by Gasteiger charge is 2.26. The second-order valence-electron chi connectivity index (χ2n) is 9.04. The van der Waals surface area contributed by atoms with Crippen molar-refractivity contribution in [1.29, 1.82) is 5.41 Å². The molecule has 1 unspecified atom stereocenters. The molecule has 1 aromatic heterocycles. The van der Waals surface area contributed by atoms with Crippen LogP contribution in [0.5, 0.6) is 0 Å². The predicted molar refractivity (Wildman–Crippen MR) is 142 cm³/mol. The fourth-order valence-electron chi connectivity index (χ4n) is 4.48. The zero-order valence-electron chi connectivity index (χ0n) is 20.5. The highest BCUT2D eigenvalue weighted by Crippen LogP contribution is 2.20. The average Bonchev–Trinajstić information content (AvgIpc) is 3.32. The number of benzene rings is 3. The Kier molecular flexibility index (Phi) is 6.39. The molecule has 8 nitrogen and oxygen atoms in total. The van der Waals surface area contributed by atoms with Gasteiger partial charge in [-0.15, -0.1) is 0 Å². The van der Waals surface area contributed by atoms with Crippen LogP contribution in [0.2, 0.25) is 0 Å². The Balaban J connectivity index is 1.64. The summed E-state index contributed by atoms with van der Waals surface area (Å²) in [6, 6.07) is 25.6. The molecular formula is C28H27N5O3S. The van der Waals surface area contributed by atoms with Gasteiger partial charge in [-0.05, 0) is 35.7 Å². The van der Waals surface area contributed by atoms with E-state index < -0.39 is 15.4 Å². The molecular weight excluding hydrogens is 486 g/mol. The van der Waals surface area contributed by atoms with Crippen molar-refractivity contribution in [1.82, 2.24) is 14.5 Å². The summed E-state index contributed by atoms with van der Waals surface area (Å²) in [5.74, 6) is 0. The molecule has 0 spiro atoms. The van der Waals surface area contributed by atoms with Crippen molar-refractivity contribution in [2.75, 3.05) is 0 Å². The number of fused-ring (bicyclic) bond motifs is 1. The molecule has 37 heavy (non-hydrogen) atoms. The molecule has 1 atom stereocenters. The van der Waals surface area contributed by atoms with Gasteiger partial charge in [0, 0.05) is 20.1 Å². The number of hydrogen-bond donors (Lipinski definition) is 2. The topological polar surface area (TPSA) is 109 Å². The van der Waals surface area contributed by atoms with Gasteiger partial charge < -0.3 is 5.32 Å². The first-order chi connectivity index (χ1) is 17.8. The molecule has 2 N–H and O–H groups in total. The van der Waals surface area contributed by atoms with Gasteiger partial charge in [-0.3, -0.25) is 19.3 Å². The number of sulfone groups is 1. The number of nitrogens with zero attached hydrogens (tertiary/aromatic N) is 3. The van der Waals surface area contributed by atoms with E-state index in [-0.39, 0.29) is 33.2 Å². The fourth-order valence-corrected chi connectivity index (χ4v) is 5.94. The lowest BCUT2D eigenvalue weighted by Crippen LogP contribution is -2.58. The molecule has 9 heteroatoms. The van der Waals surface area contributed by atoms with E-state index in [1.54, 1.807) is 29.8 Å². The lowest BCUT2D eigenvalue weighted by Gasteiger charge is -2.14. The molecule has 0 aliphatic carbocycles. The third-order valence-corrected chi connectivity index (χ3v) is 8.19. The summed E-state index contributed by atoms with van der Waals surface area (Å²) in [6.07, 6.45) is 0. The van der Waals surface area contributed by atoms with Gasteiger partial charge in [0.25, 0.3) is 5.56 Å². The first-order valence-corrected chi connectivity index (χ1v) is 13.4. The first-order valence-electron chi connectivity index (χ1n) is 11.9. The Morgan fingerprint density at radius 3 is 2.22 bits per heavy atom. The third-order valence-electron chi connectivity index (χ3n) is 6.41. The summed E-state index contributed by atoms with van der Waals surface area (Å²) >= 11 is 0. The van der Waals surface area contributed by atoms with E-state index in [4.69, 9.17) is 5.41 Å². The van der Waals surface area contributed by atoms with Gasteiger partial charge in [-0.25, -0.2) is 13.4 Å². The normalized spacial score (nSPS) is 15.6. The van der Waals surface area contributed by atoms with Crippen LogP contribution in [0.4, 0.5) is 0 Å². The monoisotopic (exact) mass is 513 g/mol. The maximum absolute atomic E-state index is 13.8. The molecule has 3 aromatic carbocycles. The lowest BCUT2D eigenvalue weighted by atomic mass is 10.0. The SMILES string of the molecule is CC1Cn2c(=N)c(=C(NCc3ccc(-c4ccccc4)cc3)S(=O)(=O)c3ccccc3)c(=O)n(C)c2=N1. The van der Waals surface area contributed by atoms with Gasteiger partial charge >= 0.3 is 0 Å². The van der Waals surface area contributed by atoms with Crippen LogP contribution in [0, 0.1) is 5.41 Å². The van der Waals surface area contributed by atoms with E-state index in [9.17, 15) is 13.2 Å².